The lowest BCUT2D eigenvalue weighted by Gasteiger charge is -2.27. The molecule has 0 aliphatic carbocycles. The van der Waals surface area contributed by atoms with E-state index < -0.39 is 0 Å². The Labute approximate surface area is 181 Å². The summed E-state index contributed by atoms with van der Waals surface area (Å²) in [5.41, 5.74) is 2.34. The monoisotopic (exact) mass is 423 g/mol. The number of nitriles is 1. The van der Waals surface area contributed by atoms with E-state index in [1.807, 2.05) is 30.3 Å². The van der Waals surface area contributed by atoms with Gasteiger partial charge in [0.2, 0.25) is 0 Å². The van der Waals surface area contributed by atoms with Gasteiger partial charge in [0.25, 0.3) is 5.56 Å². The highest BCUT2D eigenvalue weighted by Gasteiger charge is 2.33. The van der Waals surface area contributed by atoms with E-state index in [0.717, 1.165) is 30.7 Å². The normalized spacial score (nSPS) is 16.1. The summed E-state index contributed by atoms with van der Waals surface area (Å²) in [5, 5.41) is 14.3. The van der Waals surface area contributed by atoms with Crippen molar-refractivity contribution in [2.75, 3.05) is 11.4 Å². The second-order valence-electron chi connectivity index (χ2n) is 7.62. The molecule has 10 nitrogen and oxygen atoms in total. The predicted octanol–water partition coefficient (Wildman–Crippen LogP) is 2.36. The van der Waals surface area contributed by atoms with Crippen LogP contribution in [0.15, 0.2) is 60.0 Å². The first-order valence-electron chi connectivity index (χ1n) is 10.3. The molecule has 1 fully saturated rings. The van der Waals surface area contributed by atoms with Gasteiger partial charge in [0.05, 0.1) is 23.6 Å². The first-order valence-corrected chi connectivity index (χ1v) is 10.3. The minimum atomic E-state index is -0.274. The van der Waals surface area contributed by atoms with Crippen LogP contribution in [0, 0.1) is 11.3 Å². The molecule has 0 unspecified atom stereocenters. The lowest BCUT2D eigenvalue weighted by atomic mass is 10.2. The van der Waals surface area contributed by atoms with Crippen LogP contribution in [0.4, 0.5) is 5.82 Å². The fourth-order valence-electron chi connectivity index (χ4n) is 4.47. The molecule has 156 valence electrons. The van der Waals surface area contributed by atoms with Crippen molar-refractivity contribution in [3.8, 4) is 11.8 Å². The van der Waals surface area contributed by atoms with Crippen LogP contribution in [-0.2, 0) is 0 Å². The van der Waals surface area contributed by atoms with Crippen molar-refractivity contribution in [1.29, 1.82) is 5.26 Å². The number of hydrogen-bond donors (Lipinski definition) is 1. The fraction of sp³-hybridized carbons (Fsp3) is 0.182. The topological polar surface area (TPSA) is 121 Å². The number of fused-ring (bicyclic) bond motifs is 2. The molecular weight excluding hydrogens is 406 g/mol. The van der Waals surface area contributed by atoms with Crippen LogP contribution >= 0.6 is 0 Å². The Kier molecular flexibility index (Phi) is 4.01. The van der Waals surface area contributed by atoms with E-state index in [4.69, 9.17) is 5.10 Å². The molecule has 5 aromatic rings. The van der Waals surface area contributed by atoms with Crippen molar-refractivity contribution in [2.24, 2.45) is 0 Å². The summed E-state index contributed by atoms with van der Waals surface area (Å²) in [7, 11) is 0. The first-order chi connectivity index (χ1) is 15.8. The molecule has 1 N–H and O–H groups in total. The third kappa shape index (κ3) is 2.61. The highest BCUT2D eigenvalue weighted by atomic mass is 16.1. The highest BCUT2D eigenvalue weighted by molar-refractivity contribution is 5.83. The summed E-state index contributed by atoms with van der Waals surface area (Å²) in [5.74, 6) is 1.33. The fourth-order valence-corrected chi connectivity index (χ4v) is 4.47. The number of benzene rings is 1. The molecule has 10 heteroatoms. The van der Waals surface area contributed by atoms with E-state index in [0.29, 0.717) is 22.7 Å². The molecule has 5 heterocycles. The van der Waals surface area contributed by atoms with E-state index >= 15 is 0 Å². The van der Waals surface area contributed by atoms with Gasteiger partial charge in [0, 0.05) is 12.7 Å². The van der Waals surface area contributed by atoms with Gasteiger partial charge < -0.3 is 9.88 Å². The van der Waals surface area contributed by atoms with Gasteiger partial charge in [0.1, 0.15) is 23.4 Å². The second-order valence-corrected chi connectivity index (χ2v) is 7.62. The van der Waals surface area contributed by atoms with E-state index in [9.17, 15) is 10.1 Å². The van der Waals surface area contributed by atoms with E-state index in [1.165, 1.54) is 10.8 Å². The van der Waals surface area contributed by atoms with E-state index in [1.54, 1.807) is 23.2 Å². The number of imidazole rings is 1. The van der Waals surface area contributed by atoms with Crippen molar-refractivity contribution in [1.82, 2.24) is 34.1 Å². The zero-order chi connectivity index (χ0) is 21.7. The third-order valence-electron chi connectivity index (χ3n) is 5.87. The maximum atomic E-state index is 13.7. The molecule has 4 aromatic heterocycles. The molecule has 1 aliphatic rings. The number of rotatable bonds is 3. The average molecular weight is 423 g/mol. The van der Waals surface area contributed by atoms with E-state index in [-0.39, 0.29) is 17.1 Å². The Morgan fingerprint density at radius 2 is 2.00 bits per heavy atom. The lowest BCUT2D eigenvalue weighted by Crippen LogP contribution is -2.33. The van der Waals surface area contributed by atoms with Crippen molar-refractivity contribution < 1.29 is 0 Å². The van der Waals surface area contributed by atoms with Crippen LogP contribution in [0.2, 0.25) is 0 Å². The summed E-state index contributed by atoms with van der Waals surface area (Å²) < 4.78 is 3.13. The van der Waals surface area contributed by atoms with Crippen LogP contribution < -0.4 is 10.5 Å². The van der Waals surface area contributed by atoms with E-state index in [2.05, 4.69) is 30.9 Å². The maximum absolute atomic E-state index is 13.7. The number of aromatic nitrogens is 7. The van der Waals surface area contributed by atoms with Gasteiger partial charge in [-0.2, -0.15) is 10.4 Å². The zero-order valence-corrected chi connectivity index (χ0v) is 16.9. The number of H-pyrrole nitrogens is 1. The summed E-state index contributed by atoms with van der Waals surface area (Å²) in [6.07, 6.45) is 6.48. The van der Waals surface area contributed by atoms with Crippen LogP contribution in [-0.4, -0.2) is 40.7 Å². The van der Waals surface area contributed by atoms with Gasteiger partial charge in [-0.25, -0.2) is 19.5 Å². The van der Waals surface area contributed by atoms with Crippen molar-refractivity contribution in [3.05, 3.63) is 77.0 Å². The second kappa shape index (κ2) is 7.02. The Bertz CT molecular complexity index is 1560. The summed E-state index contributed by atoms with van der Waals surface area (Å²) in [6.45, 7) is 0.758. The number of para-hydroxylation sites is 1. The first kappa shape index (κ1) is 18.3. The molecular formula is C22H17N9O. The molecule has 32 heavy (non-hydrogen) atoms. The standard InChI is InChI=1S/C22H17N9O/c23-11-14-8-10-30-18(14)22(32)31(15-5-2-1-3-6-15)20(28-30)16-7-4-9-29(16)21-17-19(25-12-24-17)26-13-27-21/h1-3,5-6,8,10,12-13,16H,4,7,9H2,(H,24,25,26,27)/t16-/m0/s1. The molecule has 1 aromatic carbocycles. The zero-order valence-electron chi connectivity index (χ0n) is 16.9. The molecule has 0 bridgehead atoms. The van der Waals surface area contributed by atoms with Gasteiger partial charge in [-0.1, -0.05) is 18.2 Å². The molecule has 1 atom stereocenters. The lowest BCUT2D eigenvalue weighted by molar-refractivity contribution is 0.601. The van der Waals surface area contributed by atoms with Crippen molar-refractivity contribution >= 4 is 22.5 Å². The van der Waals surface area contributed by atoms with Gasteiger partial charge in [0.15, 0.2) is 17.3 Å². The minimum absolute atomic E-state index is 0.193. The summed E-state index contributed by atoms with van der Waals surface area (Å²) in [4.78, 5) is 31.9. The van der Waals surface area contributed by atoms with Crippen molar-refractivity contribution in [3.63, 3.8) is 0 Å². The predicted molar refractivity (Wildman–Crippen MR) is 117 cm³/mol. The van der Waals surface area contributed by atoms with Gasteiger partial charge >= 0.3 is 0 Å². The number of nitrogens with one attached hydrogen (secondary N) is 1. The van der Waals surface area contributed by atoms with Crippen LogP contribution in [0.1, 0.15) is 30.3 Å². The smallest absolute Gasteiger partial charge is 0.283 e. The quantitative estimate of drug-likeness (QED) is 0.473. The molecule has 1 saturated heterocycles. The Morgan fingerprint density at radius 1 is 1.12 bits per heavy atom. The van der Waals surface area contributed by atoms with Crippen LogP contribution in [0.25, 0.3) is 22.4 Å². The molecule has 0 saturated carbocycles. The van der Waals surface area contributed by atoms with Gasteiger partial charge in [-0.3, -0.25) is 9.36 Å². The Hall–Kier alpha value is -4.52. The molecule has 1 aliphatic heterocycles. The molecule has 6 rings (SSSR count). The number of nitrogens with zero attached hydrogens (tertiary/aromatic N) is 8. The summed E-state index contributed by atoms with van der Waals surface area (Å²) in [6, 6.07) is 12.9. The number of aromatic amines is 1. The maximum Gasteiger partial charge on any atom is 0.283 e. The number of anilines is 1. The third-order valence-corrected chi connectivity index (χ3v) is 5.87. The molecule has 0 amide bonds. The van der Waals surface area contributed by atoms with Gasteiger partial charge in [-0.15, -0.1) is 0 Å². The van der Waals surface area contributed by atoms with Crippen LogP contribution in [0.3, 0.4) is 0 Å². The summed E-state index contributed by atoms with van der Waals surface area (Å²) >= 11 is 0. The molecule has 0 radical (unpaired) electrons. The number of hydrogen-bond acceptors (Lipinski definition) is 7. The van der Waals surface area contributed by atoms with Crippen LogP contribution in [0.5, 0.6) is 0 Å². The van der Waals surface area contributed by atoms with Crippen molar-refractivity contribution in [2.45, 2.75) is 18.9 Å². The molecule has 0 spiro atoms. The largest absolute Gasteiger partial charge is 0.344 e. The highest BCUT2D eigenvalue weighted by Crippen LogP contribution is 2.36. The Morgan fingerprint density at radius 3 is 2.84 bits per heavy atom. The minimum Gasteiger partial charge on any atom is -0.344 e. The van der Waals surface area contributed by atoms with Gasteiger partial charge in [-0.05, 0) is 31.0 Å². The average Bonchev–Trinajstić information content (AvgIpc) is 3.58. The Balaban J connectivity index is 1.61. The SMILES string of the molecule is N#Cc1ccn2nc([C@@H]3CCCN3c3ncnc4nc[nH]c34)n(-c3ccccc3)c(=O)c12.